The smallest absolute Gasteiger partial charge is 0.328 e. The zero-order chi connectivity index (χ0) is 13.4. The van der Waals surface area contributed by atoms with Crippen molar-refractivity contribution in [1.82, 2.24) is 14.5 Å². The largest absolute Gasteiger partial charge is 0.352 e. The van der Waals surface area contributed by atoms with Gasteiger partial charge >= 0.3 is 5.69 Å². The zero-order valence-electron chi connectivity index (χ0n) is 10.5. The molecule has 2 aromatic heterocycles. The van der Waals surface area contributed by atoms with E-state index < -0.39 is 0 Å². The third kappa shape index (κ3) is 2.16. The molecule has 1 fully saturated rings. The molecule has 19 heavy (non-hydrogen) atoms. The van der Waals surface area contributed by atoms with Crippen LogP contribution in [0.5, 0.6) is 0 Å². The quantitative estimate of drug-likeness (QED) is 0.841. The van der Waals surface area contributed by atoms with Gasteiger partial charge in [0.1, 0.15) is 5.82 Å². The van der Waals surface area contributed by atoms with Crippen molar-refractivity contribution in [3.63, 3.8) is 0 Å². The summed E-state index contributed by atoms with van der Waals surface area (Å²) in [4.78, 5) is 31.3. The summed E-state index contributed by atoms with van der Waals surface area (Å²) in [6.07, 6.45) is 3.33. The number of nitrogens with zero attached hydrogens (tertiary/aromatic N) is 3. The molecule has 0 atom stereocenters. The van der Waals surface area contributed by atoms with Crippen LogP contribution in [0.1, 0.15) is 11.6 Å². The number of H-pyrrole nitrogens is 1. The third-order valence-corrected chi connectivity index (χ3v) is 3.33. The predicted molar refractivity (Wildman–Crippen MR) is 71.5 cm³/mol. The van der Waals surface area contributed by atoms with Crippen molar-refractivity contribution in [2.24, 2.45) is 0 Å². The highest BCUT2D eigenvalue weighted by Crippen LogP contribution is 2.25. The number of aromatic amines is 1. The lowest BCUT2D eigenvalue weighted by molar-refractivity contribution is 0.382. The van der Waals surface area contributed by atoms with Gasteiger partial charge in [0.25, 0.3) is 5.56 Å². The van der Waals surface area contributed by atoms with Gasteiger partial charge in [-0.15, -0.1) is 0 Å². The van der Waals surface area contributed by atoms with Crippen LogP contribution in [0.15, 0.2) is 40.2 Å². The van der Waals surface area contributed by atoms with Gasteiger partial charge in [0, 0.05) is 31.5 Å². The Bertz CT molecular complexity index is 713. The zero-order valence-corrected chi connectivity index (χ0v) is 10.5. The SMILES string of the molecule is Cc1ccnc(N2CC(n3ccc(=O)[nH]c3=O)C2)c1. The maximum atomic E-state index is 11.6. The molecule has 0 unspecified atom stereocenters. The van der Waals surface area contributed by atoms with Crippen LogP contribution < -0.4 is 16.1 Å². The summed E-state index contributed by atoms with van der Waals surface area (Å²) in [5.41, 5.74) is 0.446. The Morgan fingerprint density at radius 3 is 2.79 bits per heavy atom. The minimum Gasteiger partial charge on any atom is -0.352 e. The molecule has 0 aliphatic carbocycles. The van der Waals surface area contributed by atoms with Gasteiger partial charge in [-0.25, -0.2) is 9.78 Å². The van der Waals surface area contributed by atoms with E-state index in [0.717, 1.165) is 24.5 Å². The number of aromatic nitrogens is 3. The lowest BCUT2D eigenvalue weighted by Crippen LogP contribution is -2.51. The second-order valence-electron chi connectivity index (χ2n) is 4.77. The standard InChI is InChI=1S/C13H14N4O2/c1-9-2-4-14-11(6-9)16-7-10(8-16)17-5-3-12(18)15-13(17)19/h2-6,10H,7-8H2,1H3,(H,15,18,19). The fourth-order valence-electron chi connectivity index (χ4n) is 2.23. The summed E-state index contributed by atoms with van der Waals surface area (Å²) in [5.74, 6) is 0.925. The van der Waals surface area contributed by atoms with Crippen molar-refractivity contribution in [1.29, 1.82) is 0 Å². The first-order valence-corrected chi connectivity index (χ1v) is 6.12. The van der Waals surface area contributed by atoms with Crippen molar-refractivity contribution in [2.75, 3.05) is 18.0 Å². The Hall–Kier alpha value is -2.37. The van der Waals surface area contributed by atoms with Crippen LogP contribution in [0.2, 0.25) is 0 Å². The summed E-state index contributed by atoms with van der Waals surface area (Å²) < 4.78 is 1.56. The molecular formula is C13H14N4O2. The second kappa shape index (κ2) is 4.38. The monoisotopic (exact) mass is 258 g/mol. The Morgan fingerprint density at radius 1 is 1.32 bits per heavy atom. The molecule has 0 bridgehead atoms. The van der Waals surface area contributed by atoms with Gasteiger partial charge in [-0.1, -0.05) is 0 Å². The molecule has 1 aliphatic rings. The molecule has 1 aliphatic heterocycles. The Kier molecular flexibility index (Phi) is 2.70. The predicted octanol–water partition coefficient (Wildman–Crippen LogP) is 0.301. The summed E-state index contributed by atoms with van der Waals surface area (Å²) in [7, 11) is 0. The molecule has 6 nitrogen and oxygen atoms in total. The summed E-state index contributed by atoms with van der Waals surface area (Å²) in [6.45, 7) is 3.47. The third-order valence-electron chi connectivity index (χ3n) is 3.33. The van der Waals surface area contributed by atoms with Gasteiger partial charge in [0.2, 0.25) is 0 Å². The van der Waals surface area contributed by atoms with Gasteiger partial charge in [0.05, 0.1) is 6.04 Å². The number of rotatable bonds is 2. The Balaban J connectivity index is 1.76. The Morgan fingerprint density at radius 2 is 2.11 bits per heavy atom. The molecule has 0 spiro atoms. The fraction of sp³-hybridized carbons (Fsp3) is 0.308. The van der Waals surface area contributed by atoms with Crippen LogP contribution in [0.25, 0.3) is 0 Å². The first kappa shape index (κ1) is 11.7. The first-order chi connectivity index (χ1) is 9.13. The van der Waals surface area contributed by atoms with E-state index in [1.165, 1.54) is 6.07 Å². The minimum absolute atomic E-state index is 0.0895. The van der Waals surface area contributed by atoms with Crippen molar-refractivity contribution in [3.8, 4) is 0 Å². The molecule has 0 radical (unpaired) electrons. The molecule has 3 heterocycles. The minimum atomic E-state index is -0.363. The highest BCUT2D eigenvalue weighted by molar-refractivity contribution is 5.43. The van der Waals surface area contributed by atoms with Gasteiger partial charge in [0.15, 0.2) is 0 Å². The maximum absolute atomic E-state index is 11.6. The van der Waals surface area contributed by atoms with Gasteiger partial charge in [-0.2, -0.15) is 0 Å². The average molecular weight is 258 g/mol. The van der Waals surface area contributed by atoms with E-state index >= 15 is 0 Å². The average Bonchev–Trinajstić information content (AvgIpc) is 2.30. The summed E-state index contributed by atoms with van der Waals surface area (Å²) in [6, 6.07) is 5.43. The van der Waals surface area contributed by atoms with Crippen LogP contribution in [0.3, 0.4) is 0 Å². The van der Waals surface area contributed by atoms with Gasteiger partial charge < -0.3 is 4.90 Å². The lowest BCUT2D eigenvalue weighted by Gasteiger charge is -2.40. The molecule has 2 aromatic rings. The molecule has 98 valence electrons. The van der Waals surface area contributed by atoms with E-state index in [0.29, 0.717) is 0 Å². The molecule has 3 rings (SSSR count). The van der Waals surface area contributed by atoms with E-state index in [4.69, 9.17) is 0 Å². The fourth-order valence-corrected chi connectivity index (χ4v) is 2.23. The Labute approximate surface area is 109 Å². The normalized spacial score (nSPS) is 15.3. The van der Waals surface area contributed by atoms with E-state index in [2.05, 4.69) is 14.9 Å². The van der Waals surface area contributed by atoms with Crippen molar-refractivity contribution < 1.29 is 0 Å². The van der Waals surface area contributed by atoms with Crippen molar-refractivity contribution in [2.45, 2.75) is 13.0 Å². The molecule has 1 N–H and O–H groups in total. The number of hydrogen-bond acceptors (Lipinski definition) is 4. The van der Waals surface area contributed by atoms with Crippen LogP contribution in [-0.2, 0) is 0 Å². The van der Waals surface area contributed by atoms with E-state index in [9.17, 15) is 9.59 Å². The molecule has 0 saturated carbocycles. The molecule has 6 heteroatoms. The first-order valence-electron chi connectivity index (χ1n) is 6.12. The maximum Gasteiger partial charge on any atom is 0.328 e. The van der Waals surface area contributed by atoms with E-state index in [1.54, 1.807) is 17.0 Å². The number of pyridine rings is 1. The number of nitrogens with one attached hydrogen (secondary N) is 1. The number of hydrogen-bond donors (Lipinski definition) is 1. The highest BCUT2D eigenvalue weighted by atomic mass is 16.2. The van der Waals surface area contributed by atoms with Crippen molar-refractivity contribution >= 4 is 5.82 Å². The van der Waals surface area contributed by atoms with Gasteiger partial charge in [-0.3, -0.25) is 14.3 Å². The molecule has 0 amide bonds. The highest BCUT2D eigenvalue weighted by Gasteiger charge is 2.29. The topological polar surface area (TPSA) is 71.0 Å². The molecule has 1 saturated heterocycles. The number of aryl methyl sites for hydroxylation is 1. The summed E-state index contributed by atoms with van der Waals surface area (Å²) >= 11 is 0. The van der Waals surface area contributed by atoms with E-state index in [1.807, 2.05) is 19.1 Å². The lowest BCUT2D eigenvalue weighted by atomic mass is 10.1. The van der Waals surface area contributed by atoms with E-state index in [-0.39, 0.29) is 17.3 Å². The second-order valence-corrected chi connectivity index (χ2v) is 4.77. The molecular weight excluding hydrogens is 244 g/mol. The van der Waals surface area contributed by atoms with Gasteiger partial charge in [-0.05, 0) is 24.6 Å². The van der Waals surface area contributed by atoms with Crippen LogP contribution in [0, 0.1) is 6.92 Å². The van der Waals surface area contributed by atoms with Crippen LogP contribution >= 0.6 is 0 Å². The van der Waals surface area contributed by atoms with Crippen LogP contribution in [0.4, 0.5) is 5.82 Å². The summed E-state index contributed by atoms with van der Waals surface area (Å²) in [5, 5.41) is 0. The van der Waals surface area contributed by atoms with Crippen LogP contribution in [-0.4, -0.2) is 27.6 Å². The van der Waals surface area contributed by atoms with Crippen molar-refractivity contribution in [3.05, 3.63) is 57.0 Å². The number of anilines is 1. The molecule has 0 aromatic carbocycles.